The minimum Gasteiger partial charge on any atom is -0.471 e. The second-order valence-electron chi connectivity index (χ2n) is 5.38. The van der Waals surface area contributed by atoms with Gasteiger partial charge in [-0.2, -0.15) is 0 Å². The van der Waals surface area contributed by atoms with Crippen molar-refractivity contribution >= 4 is 10.9 Å². The summed E-state index contributed by atoms with van der Waals surface area (Å²) < 4.78 is 21.1. The first-order valence-corrected chi connectivity index (χ1v) is 7.43. The SMILES string of the molecule is CCn1c(C)c(C)c2ccnc(OCc3ccc(F)cc3)c21. The molecule has 1 aromatic carbocycles. The fourth-order valence-electron chi connectivity index (χ4n) is 2.80. The molecular formula is C18H19FN2O. The van der Waals surface area contributed by atoms with Crippen LogP contribution in [0.3, 0.4) is 0 Å². The lowest BCUT2D eigenvalue weighted by atomic mass is 10.2. The molecule has 0 bridgehead atoms. The first-order valence-electron chi connectivity index (χ1n) is 7.43. The number of fused-ring (bicyclic) bond motifs is 1. The molecule has 0 radical (unpaired) electrons. The van der Waals surface area contributed by atoms with Gasteiger partial charge < -0.3 is 9.30 Å². The summed E-state index contributed by atoms with van der Waals surface area (Å²) >= 11 is 0. The van der Waals surface area contributed by atoms with E-state index in [1.165, 1.54) is 28.8 Å². The van der Waals surface area contributed by atoms with Gasteiger partial charge in [-0.15, -0.1) is 0 Å². The molecule has 0 unspecified atom stereocenters. The predicted octanol–water partition coefficient (Wildman–Crippen LogP) is 4.39. The number of rotatable bonds is 4. The summed E-state index contributed by atoms with van der Waals surface area (Å²) in [5.74, 6) is 0.384. The molecule has 0 N–H and O–H groups in total. The molecule has 0 aliphatic carbocycles. The number of aromatic nitrogens is 2. The molecular weight excluding hydrogens is 279 g/mol. The van der Waals surface area contributed by atoms with E-state index in [-0.39, 0.29) is 5.82 Å². The van der Waals surface area contributed by atoms with Crippen molar-refractivity contribution in [2.75, 3.05) is 0 Å². The monoisotopic (exact) mass is 298 g/mol. The maximum Gasteiger partial charge on any atom is 0.238 e. The van der Waals surface area contributed by atoms with E-state index in [2.05, 4.69) is 30.3 Å². The molecule has 2 aromatic heterocycles. The smallest absolute Gasteiger partial charge is 0.238 e. The molecule has 2 heterocycles. The van der Waals surface area contributed by atoms with Crippen molar-refractivity contribution in [1.82, 2.24) is 9.55 Å². The van der Waals surface area contributed by atoms with Crippen LogP contribution in [0.1, 0.15) is 23.7 Å². The number of pyridine rings is 1. The maximum atomic E-state index is 12.9. The van der Waals surface area contributed by atoms with Crippen LogP contribution in [0.2, 0.25) is 0 Å². The van der Waals surface area contributed by atoms with Gasteiger partial charge in [0, 0.05) is 23.8 Å². The molecule has 114 valence electrons. The molecule has 0 amide bonds. The van der Waals surface area contributed by atoms with E-state index in [0.29, 0.717) is 12.5 Å². The topological polar surface area (TPSA) is 27.1 Å². The molecule has 0 fully saturated rings. The van der Waals surface area contributed by atoms with E-state index in [1.807, 2.05) is 6.07 Å². The summed E-state index contributed by atoms with van der Waals surface area (Å²) in [5.41, 5.74) is 4.44. The Kier molecular flexibility index (Phi) is 3.84. The Morgan fingerprint density at radius 2 is 1.86 bits per heavy atom. The summed E-state index contributed by atoms with van der Waals surface area (Å²) in [6.45, 7) is 7.59. The average Bonchev–Trinajstić information content (AvgIpc) is 2.79. The van der Waals surface area contributed by atoms with Crippen LogP contribution < -0.4 is 4.74 Å². The minimum absolute atomic E-state index is 0.241. The zero-order valence-electron chi connectivity index (χ0n) is 13.1. The molecule has 4 heteroatoms. The number of nitrogens with zero attached hydrogens (tertiary/aromatic N) is 2. The van der Waals surface area contributed by atoms with Crippen LogP contribution in [0.25, 0.3) is 10.9 Å². The van der Waals surface area contributed by atoms with E-state index < -0.39 is 0 Å². The third kappa shape index (κ3) is 2.45. The van der Waals surface area contributed by atoms with Gasteiger partial charge in [0.15, 0.2) is 0 Å². The average molecular weight is 298 g/mol. The molecule has 0 saturated heterocycles. The van der Waals surface area contributed by atoms with Crippen molar-refractivity contribution in [2.24, 2.45) is 0 Å². The van der Waals surface area contributed by atoms with Crippen LogP contribution in [0.15, 0.2) is 36.5 Å². The lowest BCUT2D eigenvalue weighted by molar-refractivity contribution is 0.296. The van der Waals surface area contributed by atoms with Gasteiger partial charge in [-0.3, -0.25) is 0 Å². The van der Waals surface area contributed by atoms with Gasteiger partial charge in [-0.1, -0.05) is 12.1 Å². The minimum atomic E-state index is -0.241. The van der Waals surface area contributed by atoms with Crippen LogP contribution in [0.4, 0.5) is 4.39 Å². The summed E-state index contributed by atoms with van der Waals surface area (Å²) in [6, 6.07) is 8.36. The van der Waals surface area contributed by atoms with E-state index in [9.17, 15) is 4.39 Å². The fourth-order valence-corrected chi connectivity index (χ4v) is 2.80. The lowest BCUT2D eigenvalue weighted by Crippen LogP contribution is -2.02. The third-order valence-electron chi connectivity index (χ3n) is 4.12. The second kappa shape index (κ2) is 5.79. The van der Waals surface area contributed by atoms with Crippen molar-refractivity contribution in [3.8, 4) is 5.88 Å². The first-order chi connectivity index (χ1) is 10.6. The van der Waals surface area contributed by atoms with Gasteiger partial charge in [-0.05, 0) is 50.1 Å². The van der Waals surface area contributed by atoms with Crippen LogP contribution in [-0.4, -0.2) is 9.55 Å². The molecule has 3 aromatic rings. The number of hydrogen-bond donors (Lipinski definition) is 0. The Morgan fingerprint density at radius 1 is 1.14 bits per heavy atom. The standard InChI is InChI=1S/C18H19FN2O/c1-4-21-13(3)12(2)16-9-10-20-18(17(16)21)22-11-14-5-7-15(19)8-6-14/h5-10H,4,11H2,1-3H3. The summed E-state index contributed by atoms with van der Waals surface area (Å²) in [4.78, 5) is 4.39. The van der Waals surface area contributed by atoms with E-state index >= 15 is 0 Å². The van der Waals surface area contributed by atoms with Crippen molar-refractivity contribution < 1.29 is 9.13 Å². The van der Waals surface area contributed by atoms with Crippen LogP contribution in [0, 0.1) is 19.7 Å². The third-order valence-corrected chi connectivity index (χ3v) is 4.12. The number of hydrogen-bond acceptors (Lipinski definition) is 2. The zero-order valence-corrected chi connectivity index (χ0v) is 13.1. The van der Waals surface area contributed by atoms with Gasteiger partial charge in [0.25, 0.3) is 0 Å². The van der Waals surface area contributed by atoms with Crippen molar-refractivity contribution in [2.45, 2.75) is 33.9 Å². The maximum absolute atomic E-state index is 12.9. The number of halogens is 1. The number of ether oxygens (including phenoxy) is 1. The van der Waals surface area contributed by atoms with Gasteiger partial charge >= 0.3 is 0 Å². The number of benzene rings is 1. The summed E-state index contributed by atoms with van der Waals surface area (Å²) in [7, 11) is 0. The zero-order chi connectivity index (χ0) is 15.7. The Morgan fingerprint density at radius 3 is 2.55 bits per heavy atom. The highest BCUT2D eigenvalue weighted by Crippen LogP contribution is 2.31. The van der Waals surface area contributed by atoms with Crippen LogP contribution in [-0.2, 0) is 13.2 Å². The van der Waals surface area contributed by atoms with E-state index in [0.717, 1.165) is 17.6 Å². The molecule has 22 heavy (non-hydrogen) atoms. The Hall–Kier alpha value is -2.36. The molecule has 0 atom stereocenters. The quantitative estimate of drug-likeness (QED) is 0.714. The molecule has 0 aliphatic heterocycles. The lowest BCUT2D eigenvalue weighted by Gasteiger charge is -2.10. The highest BCUT2D eigenvalue weighted by Gasteiger charge is 2.15. The van der Waals surface area contributed by atoms with Gasteiger partial charge in [0.1, 0.15) is 17.9 Å². The Balaban J connectivity index is 1.97. The summed E-state index contributed by atoms with van der Waals surface area (Å²) in [5, 5.41) is 1.17. The van der Waals surface area contributed by atoms with E-state index in [4.69, 9.17) is 4.74 Å². The Bertz CT molecular complexity index is 806. The Labute approximate surface area is 129 Å². The van der Waals surface area contributed by atoms with Gasteiger partial charge in [0.05, 0.1) is 0 Å². The molecule has 0 spiro atoms. The van der Waals surface area contributed by atoms with E-state index in [1.54, 1.807) is 18.3 Å². The van der Waals surface area contributed by atoms with Crippen LogP contribution in [0.5, 0.6) is 5.88 Å². The molecule has 3 rings (SSSR count). The fraction of sp³-hybridized carbons (Fsp3) is 0.278. The molecule has 3 nitrogen and oxygen atoms in total. The van der Waals surface area contributed by atoms with Crippen molar-refractivity contribution in [1.29, 1.82) is 0 Å². The molecule has 0 aliphatic rings. The van der Waals surface area contributed by atoms with Crippen molar-refractivity contribution in [3.63, 3.8) is 0 Å². The number of aryl methyl sites for hydroxylation is 2. The largest absolute Gasteiger partial charge is 0.471 e. The first kappa shape index (κ1) is 14.6. The van der Waals surface area contributed by atoms with Gasteiger partial charge in [0.2, 0.25) is 5.88 Å². The second-order valence-corrected chi connectivity index (χ2v) is 5.38. The highest BCUT2D eigenvalue weighted by molar-refractivity contribution is 5.88. The van der Waals surface area contributed by atoms with Crippen molar-refractivity contribution in [3.05, 3.63) is 59.2 Å². The highest BCUT2D eigenvalue weighted by atomic mass is 19.1. The molecule has 0 saturated carbocycles. The van der Waals surface area contributed by atoms with Crippen LogP contribution >= 0.6 is 0 Å². The van der Waals surface area contributed by atoms with Gasteiger partial charge in [-0.25, -0.2) is 9.37 Å². The predicted molar refractivity (Wildman–Crippen MR) is 85.6 cm³/mol. The normalized spacial score (nSPS) is 11.1. The summed E-state index contributed by atoms with van der Waals surface area (Å²) in [6.07, 6.45) is 1.77.